The fourth-order valence-electron chi connectivity index (χ4n) is 3.92. The van der Waals surface area contributed by atoms with Gasteiger partial charge < -0.3 is 5.11 Å². The Bertz CT molecular complexity index is 288. The second-order valence-electron chi connectivity index (χ2n) is 6.67. The van der Waals surface area contributed by atoms with Crippen molar-refractivity contribution >= 4 is 0 Å². The summed E-state index contributed by atoms with van der Waals surface area (Å²) in [6, 6.07) is 0. The van der Waals surface area contributed by atoms with Crippen molar-refractivity contribution in [2.75, 3.05) is 0 Å². The van der Waals surface area contributed by atoms with E-state index in [-0.39, 0.29) is 6.10 Å². The van der Waals surface area contributed by atoms with E-state index in [4.69, 9.17) is 0 Å². The van der Waals surface area contributed by atoms with Gasteiger partial charge in [0.25, 0.3) is 0 Å². The maximum absolute atomic E-state index is 9.94. The van der Waals surface area contributed by atoms with E-state index in [1.54, 1.807) is 0 Å². The van der Waals surface area contributed by atoms with Crippen LogP contribution in [-0.4, -0.2) is 11.2 Å². The summed E-state index contributed by atoms with van der Waals surface area (Å²) in [4.78, 5) is 0. The van der Waals surface area contributed by atoms with Crippen LogP contribution in [0.15, 0.2) is 11.6 Å². The molecule has 0 bridgehead atoms. The molecule has 0 unspecified atom stereocenters. The van der Waals surface area contributed by atoms with Crippen LogP contribution in [0.5, 0.6) is 0 Å². The van der Waals surface area contributed by atoms with Gasteiger partial charge in [-0.05, 0) is 62.7 Å². The van der Waals surface area contributed by atoms with Crippen LogP contribution in [0.1, 0.15) is 53.4 Å². The number of hydrogen-bond donors (Lipinski definition) is 1. The number of aliphatic hydroxyl groups is 1. The molecule has 0 aromatic heterocycles. The molecule has 4 atom stereocenters. The van der Waals surface area contributed by atoms with E-state index in [2.05, 4.69) is 26.8 Å². The topological polar surface area (TPSA) is 20.2 Å². The third-order valence-electron chi connectivity index (χ3n) is 5.03. The van der Waals surface area contributed by atoms with Crippen molar-refractivity contribution in [3.8, 4) is 0 Å². The van der Waals surface area contributed by atoms with Gasteiger partial charge in [0.15, 0.2) is 0 Å². The van der Waals surface area contributed by atoms with Crippen molar-refractivity contribution in [2.24, 2.45) is 23.2 Å². The van der Waals surface area contributed by atoms with E-state index >= 15 is 0 Å². The summed E-state index contributed by atoms with van der Waals surface area (Å²) < 4.78 is 0. The number of aliphatic hydroxyl groups excluding tert-OH is 1. The number of hydrogen-bond acceptors (Lipinski definition) is 1. The van der Waals surface area contributed by atoms with Crippen molar-refractivity contribution < 1.29 is 5.11 Å². The van der Waals surface area contributed by atoms with E-state index in [0.717, 1.165) is 5.92 Å². The van der Waals surface area contributed by atoms with Gasteiger partial charge in [0.2, 0.25) is 0 Å². The molecule has 0 radical (unpaired) electrons. The lowest BCUT2D eigenvalue weighted by Crippen LogP contribution is -2.43. The van der Waals surface area contributed by atoms with Crippen molar-refractivity contribution in [1.82, 2.24) is 0 Å². The highest BCUT2D eigenvalue weighted by Gasteiger charge is 2.44. The second-order valence-corrected chi connectivity index (χ2v) is 6.67. The predicted molar refractivity (Wildman–Crippen MR) is 68.2 cm³/mol. The summed E-state index contributed by atoms with van der Waals surface area (Å²) in [5.41, 5.74) is 2.00. The summed E-state index contributed by atoms with van der Waals surface area (Å²) in [7, 11) is 0. The zero-order valence-corrected chi connectivity index (χ0v) is 11.2. The van der Waals surface area contributed by atoms with Crippen LogP contribution in [0.3, 0.4) is 0 Å². The molecular formula is C15H26O. The smallest absolute Gasteiger partial charge is 0.0546 e. The number of fused-ring (bicyclic) bond motifs is 1. The Kier molecular flexibility index (Phi) is 3.18. The maximum atomic E-state index is 9.94. The van der Waals surface area contributed by atoms with Crippen LogP contribution in [0.25, 0.3) is 0 Å². The largest absolute Gasteiger partial charge is 0.393 e. The lowest BCUT2D eigenvalue weighted by molar-refractivity contribution is -0.0145. The highest BCUT2D eigenvalue weighted by molar-refractivity contribution is 5.12. The fraction of sp³-hybridized carbons (Fsp3) is 0.867. The minimum Gasteiger partial charge on any atom is -0.393 e. The highest BCUT2D eigenvalue weighted by atomic mass is 16.3. The first-order valence-electron chi connectivity index (χ1n) is 6.77. The number of rotatable bonds is 1. The minimum absolute atomic E-state index is 0.147. The van der Waals surface area contributed by atoms with Gasteiger partial charge in [-0.1, -0.05) is 25.5 Å². The van der Waals surface area contributed by atoms with Crippen LogP contribution in [-0.2, 0) is 0 Å². The first kappa shape index (κ1) is 12.2. The fourth-order valence-corrected chi connectivity index (χ4v) is 3.92. The van der Waals surface area contributed by atoms with Gasteiger partial charge in [-0.25, -0.2) is 0 Å². The molecule has 0 aliphatic heterocycles. The second kappa shape index (κ2) is 4.18. The molecule has 0 aromatic rings. The quantitative estimate of drug-likeness (QED) is 0.669. The molecule has 1 nitrogen and oxygen atoms in total. The molecule has 0 amide bonds. The molecule has 1 N–H and O–H groups in total. The summed E-state index contributed by atoms with van der Waals surface area (Å²) in [6.45, 7) is 9.05. The Labute approximate surface area is 99.9 Å². The van der Waals surface area contributed by atoms with Crippen molar-refractivity contribution in [3.05, 3.63) is 11.6 Å². The summed E-state index contributed by atoms with van der Waals surface area (Å²) in [5, 5.41) is 9.94. The van der Waals surface area contributed by atoms with Gasteiger partial charge in [-0.15, -0.1) is 0 Å². The SMILES string of the molecule is CC1=C[C@H]2[C@@H]([C@H](C)O)CCC(C)(C)[C@@H]2CC1. The first-order chi connectivity index (χ1) is 7.42. The van der Waals surface area contributed by atoms with E-state index < -0.39 is 0 Å². The minimum atomic E-state index is -0.147. The highest BCUT2D eigenvalue weighted by Crippen LogP contribution is 2.52. The Hall–Kier alpha value is -0.300. The lowest BCUT2D eigenvalue weighted by atomic mass is 9.55. The molecule has 0 heterocycles. The molecule has 2 rings (SSSR count). The maximum Gasteiger partial charge on any atom is 0.0546 e. The third-order valence-corrected chi connectivity index (χ3v) is 5.03. The third kappa shape index (κ3) is 2.07. The van der Waals surface area contributed by atoms with E-state index in [0.29, 0.717) is 17.3 Å². The van der Waals surface area contributed by atoms with Gasteiger partial charge in [0.1, 0.15) is 0 Å². The predicted octanol–water partition coefficient (Wildman–Crippen LogP) is 3.78. The van der Waals surface area contributed by atoms with Crippen LogP contribution < -0.4 is 0 Å². The average molecular weight is 222 g/mol. The molecule has 0 spiro atoms. The Morgan fingerprint density at radius 3 is 2.69 bits per heavy atom. The molecule has 0 aromatic carbocycles. The molecule has 1 fully saturated rings. The molecule has 0 saturated heterocycles. The molecular weight excluding hydrogens is 196 g/mol. The molecule has 2 aliphatic carbocycles. The van der Waals surface area contributed by atoms with Crippen molar-refractivity contribution in [2.45, 2.75) is 59.5 Å². The van der Waals surface area contributed by atoms with Crippen LogP contribution in [0.2, 0.25) is 0 Å². The molecule has 1 heteroatoms. The molecule has 1 saturated carbocycles. The van der Waals surface area contributed by atoms with Crippen LogP contribution in [0.4, 0.5) is 0 Å². The van der Waals surface area contributed by atoms with Gasteiger partial charge in [-0.3, -0.25) is 0 Å². The Morgan fingerprint density at radius 1 is 1.38 bits per heavy atom. The van der Waals surface area contributed by atoms with E-state index in [9.17, 15) is 5.11 Å². The van der Waals surface area contributed by atoms with Gasteiger partial charge in [-0.2, -0.15) is 0 Å². The van der Waals surface area contributed by atoms with Gasteiger partial charge in [0.05, 0.1) is 6.10 Å². The van der Waals surface area contributed by atoms with Crippen LogP contribution >= 0.6 is 0 Å². The van der Waals surface area contributed by atoms with Crippen molar-refractivity contribution in [3.63, 3.8) is 0 Å². The Balaban J connectivity index is 2.27. The van der Waals surface area contributed by atoms with Crippen LogP contribution in [0, 0.1) is 23.2 Å². The van der Waals surface area contributed by atoms with Crippen molar-refractivity contribution in [1.29, 1.82) is 0 Å². The van der Waals surface area contributed by atoms with Gasteiger partial charge in [0, 0.05) is 0 Å². The normalized spacial score (nSPS) is 39.8. The van der Waals surface area contributed by atoms with E-state index in [1.165, 1.54) is 31.3 Å². The standard InChI is InChI=1S/C15H26O/c1-10-5-6-14-13(9-10)12(11(2)16)7-8-15(14,3)4/h9,11-14,16H,5-8H2,1-4H3/t11-,12+,13-,14+/m0/s1. The zero-order valence-electron chi connectivity index (χ0n) is 11.2. The summed E-state index contributed by atoms with van der Waals surface area (Å²) >= 11 is 0. The molecule has 16 heavy (non-hydrogen) atoms. The van der Waals surface area contributed by atoms with Gasteiger partial charge >= 0.3 is 0 Å². The Morgan fingerprint density at radius 2 is 2.06 bits per heavy atom. The summed E-state index contributed by atoms with van der Waals surface area (Å²) in [6.07, 6.45) is 7.37. The zero-order chi connectivity index (χ0) is 11.9. The first-order valence-corrected chi connectivity index (χ1v) is 6.77. The number of allylic oxidation sites excluding steroid dienone is 2. The summed E-state index contributed by atoms with van der Waals surface area (Å²) in [5.74, 6) is 1.90. The van der Waals surface area contributed by atoms with E-state index in [1.807, 2.05) is 6.92 Å². The molecule has 2 aliphatic rings. The monoisotopic (exact) mass is 222 g/mol. The molecule has 92 valence electrons. The average Bonchev–Trinajstić information content (AvgIpc) is 2.16. The lowest BCUT2D eigenvalue weighted by Gasteiger charge is -2.50.